The number of anilines is 2. The molecule has 1 aliphatic rings. The SMILES string of the molecule is CCC(=O)N1CCCC(c2nc(Nc3cccc(F)c3)cc(-c3cn(C)nc3C)n2)C1. The number of rotatable bonds is 5. The number of aryl methyl sites for hydroxylation is 2. The smallest absolute Gasteiger partial charge is 0.222 e. The van der Waals surface area contributed by atoms with Crippen LogP contribution in [0.25, 0.3) is 11.3 Å². The van der Waals surface area contributed by atoms with Crippen LogP contribution in [-0.2, 0) is 11.8 Å². The first-order valence-corrected chi connectivity index (χ1v) is 10.6. The minimum atomic E-state index is -0.316. The quantitative estimate of drug-likeness (QED) is 0.667. The number of hydrogen-bond donors (Lipinski definition) is 1. The molecular weight excluding hydrogens is 395 g/mol. The molecule has 3 aromatic rings. The maximum absolute atomic E-state index is 13.7. The van der Waals surface area contributed by atoms with Gasteiger partial charge in [-0.25, -0.2) is 14.4 Å². The van der Waals surface area contributed by atoms with E-state index < -0.39 is 0 Å². The van der Waals surface area contributed by atoms with Crippen molar-refractivity contribution < 1.29 is 9.18 Å². The highest BCUT2D eigenvalue weighted by atomic mass is 19.1. The molecule has 3 heterocycles. The van der Waals surface area contributed by atoms with Gasteiger partial charge in [0.05, 0.1) is 11.4 Å². The van der Waals surface area contributed by atoms with Crippen LogP contribution in [0.3, 0.4) is 0 Å². The Bertz CT molecular complexity index is 1100. The fraction of sp³-hybridized carbons (Fsp3) is 0.391. The molecule has 0 bridgehead atoms. The molecule has 1 N–H and O–H groups in total. The van der Waals surface area contributed by atoms with Crippen LogP contribution in [0.4, 0.5) is 15.9 Å². The Morgan fingerprint density at radius 2 is 2.13 bits per heavy atom. The van der Waals surface area contributed by atoms with E-state index in [1.165, 1.54) is 12.1 Å². The Morgan fingerprint density at radius 3 is 2.84 bits per heavy atom. The summed E-state index contributed by atoms with van der Waals surface area (Å²) in [6, 6.07) is 8.14. The standard InChI is InChI=1S/C23H27FN6O/c1-4-22(31)30-10-6-7-16(13-30)23-26-20(19-14-29(3)28-15(19)2)12-21(27-23)25-18-9-5-8-17(24)11-18/h5,8-9,11-12,14,16H,4,6-7,10,13H2,1-3H3,(H,25,26,27). The zero-order chi connectivity index (χ0) is 22.0. The van der Waals surface area contributed by atoms with Crippen molar-refractivity contribution in [2.24, 2.45) is 7.05 Å². The summed E-state index contributed by atoms with van der Waals surface area (Å²) in [6.45, 7) is 5.22. The van der Waals surface area contributed by atoms with E-state index in [1.54, 1.807) is 16.8 Å². The van der Waals surface area contributed by atoms with Crippen molar-refractivity contribution in [2.45, 2.75) is 39.0 Å². The summed E-state index contributed by atoms with van der Waals surface area (Å²) in [6.07, 6.45) is 4.26. The van der Waals surface area contributed by atoms with Crippen molar-refractivity contribution in [1.82, 2.24) is 24.6 Å². The normalized spacial score (nSPS) is 16.4. The molecule has 31 heavy (non-hydrogen) atoms. The number of hydrogen-bond acceptors (Lipinski definition) is 5. The molecule has 1 fully saturated rings. The molecule has 1 unspecified atom stereocenters. The number of aromatic nitrogens is 4. The van der Waals surface area contributed by atoms with Crippen molar-refractivity contribution in [3.63, 3.8) is 0 Å². The van der Waals surface area contributed by atoms with Gasteiger partial charge in [-0.15, -0.1) is 0 Å². The van der Waals surface area contributed by atoms with Crippen LogP contribution in [0, 0.1) is 12.7 Å². The van der Waals surface area contributed by atoms with E-state index >= 15 is 0 Å². The molecule has 0 aliphatic carbocycles. The molecule has 4 rings (SSSR count). The Kier molecular flexibility index (Phi) is 5.97. The fourth-order valence-corrected chi connectivity index (χ4v) is 4.05. The second-order valence-electron chi connectivity index (χ2n) is 7.97. The van der Waals surface area contributed by atoms with Crippen molar-refractivity contribution in [3.8, 4) is 11.3 Å². The summed E-state index contributed by atoms with van der Waals surface area (Å²) < 4.78 is 15.4. The molecule has 162 valence electrons. The zero-order valence-electron chi connectivity index (χ0n) is 18.1. The van der Waals surface area contributed by atoms with Crippen LogP contribution in [0.2, 0.25) is 0 Å². The van der Waals surface area contributed by atoms with Gasteiger partial charge in [0.15, 0.2) is 0 Å². The molecular formula is C23H27FN6O. The van der Waals surface area contributed by atoms with Crippen LogP contribution in [0.15, 0.2) is 36.5 Å². The third-order valence-electron chi connectivity index (χ3n) is 5.57. The van der Waals surface area contributed by atoms with Gasteiger partial charge in [0.1, 0.15) is 17.5 Å². The fourth-order valence-electron chi connectivity index (χ4n) is 4.05. The zero-order valence-corrected chi connectivity index (χ0v) is 18.1. The highest BCUT2D eigenvalue weighted by Crippen LogP contribution is 2.30. The topological polar surface area (TPSA) is 75.9 Å². The lowest BCUT2D eigenvalue weighted by Crippen LogP contribution is -2.39. The van der Waals surface area contributed by atoms with Gasteiger partial charge in [-0.1, -0.05) is 13.0 Å². The van der Waals surface area contributed by atoms with Crippen LogP contribution in [0.5, 0.6) is 0 Å². The summed E-state index contributed by atoms with van der Waals surface area (Å²) in [4.78, 5) is 23.8. The average Bonchev–Trinajstić information content (AvgIpc) is 3.11. The Balaban J connectivity index is 1.72. The minimum absolute atomic E-state index is 0.0502. The summed E-state index contributed by atoms with van der Waals surface area (Å²) in [5, 5.41) is 7.64. The lowest BCUT2D eigenvalue weighted by molar-refractivity contribution is -0.132. The molecule has 1 aromatic carbocycles. The predicted molar refractivity (Wildman–Crippen MR) is 117 cm³/mol. The predicted octanol–water partition coefficient (Wildman–Crippen LogP) is 4.18. The van der Waals surface area contributed by atoms with Crippen LogP contribution in [0.1, 0.15) is 43.6 Å². The average molecular weight is 423 g/mol. The summed E-state index contributed by atoms with van der Waals surface area (Å²) >= 11 is 0. The Hall–Kier alpha value is -3.29. The number of benzene rings is 1. The molecule has 1 atom stereocenters. The van der Waals surface area contributed by atoms with Crippen molar-refractivity contribution in [2.75, 3.05) is 18.4 Å². The van der Waals surface area contributed by atoms with E-state index in [2.05, 4.69) is 10.4 Å². The number of halogens is 1. The van der Waals surface area contributed by atoms with Crippen LogP contribution in [-0.4, -0.2) is 43.6 Å². The Morgan fingerprint density at radius 1 is 1.29 bits per heavy atom. The maximum atomic E-state index is 13.7. The minimum Gasteiger partial charge on any atom is -0.342 e. The van der Waals surface area contributed by atoms with Crippen molar-refractivity contribution >= 4 is 17.4 Å². The van der Waals surface area contributed by atoms with Crippen LogP contribution >= 0.6 is 0 Å². The first kappa shape index (κ1) is 21.0. The second kappa shape index (κ2) is 8.83. The molecule has 0 spiro atoms. The van der Waals surface area contributed by atoms with Gasteiger partial charge in [-0.3, -0.25) is 9.48 Å². The monoisotopic (exact) mass is 422 g/mol. The van der Waals surface area contributed by atoms with Crippen molar-refractivity contribution in [3.05, 3.63) is 53.9 Å². The van der Waals surface area contributed by atoms with Gasteiger partial charge < -0.3 is 10.2 Å². The number of piperidine rings is 1. The molecule has 1 aliphatic heterocycles. The molecule has 7 nitrogen and oxygen atoms in total. The van der Waals surface area contributed by atoms with Crippen molar-refractivity contribution in [1.29, 1.82) is 0 Å². The van der Waals surface area contributed by atoms with E-state index in [0.29, 0.717) is 30.3 Å². The number of nitrogens with zero attached hydrogens (tertiary/aromatic N) is 5. The lowest BCUT2D eigenvalue weighted by Gasteiger charge is -2.32. The third-order valence-corrected chi connectivity index (χ3v) is 5.57. The van der Waals surface area contributed by atoms with Gasteiger partial charge in [0.25, 0.3) is 0 Å². The molecule has 8 heteroatoms. The lowest BCUT2D eigenvalue weighted by atomic mass is 9.96. The van der Waals surface area contributed by atoms with Gasteiger partial charge in [0.2, 0.25) is 5.91 Å². The van der Waals surface area contributed by atoms with E-state index in [4.69, 9.17) is 9.97 Å². The number of carbonyl (C=O) groups excluding carboxylic acids is 1. The summed E-state index contributed by atoms with van der Waals surface area (Å²) in [7, 11) is 1.87. The van der Waals surface area contributed by atoms with Gasteiger partial charge >= 0.3 is 0 Å². The maximum Gasteiger partial charge on any atom is 0.222 e. The molecule has 1 amide bonds. The third kappa shape index (κ3) is 4.73. The van der Waals surface area contributed by atoms with E-state index in [9.17, 15) is 9.18 Å². The number of amides is 1. The van der Waals surface area contributed by atoms with Gasteiger partial charge in [0, 0.05) is 56.0 Å². The van der Waals surface area contributed by atoms with Gasteiger partial charge in [-0.05, 0) is 38.0 Å². The Labute approximate surface area is 181 Å². The summed E-state index contributed by atoms with van der Waals surface area (Å²) in [5.41, 5.74) is 3.17. The van der Waals surface area contributed by atoms with E-state index in [-0.39, 0.29) is 17.6 Å². The second-order valence-corrected chi connectivity index (χ2v) is 7.97. The van der Waals surface area contributed by atoms with Crippen LogP contribution < -0.4 is 5.32 Å². The highest BCUT2D eigenvalue weighted by molar-refractivity contribution is 5.76. The molecule has 0 radical (unpaired) electrons. The first-order valence-electron chi connectivity index (χ1n) is 10.6. The molecule has 1 saturated heterocycles. The summed E-state index contributed by atoms with van der Waals surface area (Å²) in [5.74, 6) is 1.17. The molecule has 0 saturated carbocycles. The highest BCUT2D eigenvalue weighted by Gasteiger charge is 2.27. The molecule has 2 aromatic heterocycles. The number of carbonyl (C=O) groups is 1. The van der Waals surface area contributed by atoms with Gasteiger partial charge in [-0.2, -0.15) is 5.10 Å². The van der Waals surface area contributed by atoms with E-state index in [0.717, 1.165) is 36.3 Å². The number of likely N-dealkylation sites (tertiary alicyclic amines) is 1. The number of nitrogens with one attached hydrogen (secondary N) is 1. The largest absolute Gasteiger partial charge is 0.342 e. The van der Waals surface area contributed by atoms with E-state index in [1.807, 2.05) is 38.1 Å². The first-order chi connectivity index (χ1) is 14.9.